The van der Waals surface area contributed by atoms with Gasteiger partial charge in [0, 0.05) is 25.6 Å². The minimum absolute atomic E-state index is 0.00608. The Balaban J connectivity index is 2.03. The van der Waals surface area contributed by atoms with Crippen molar-refractivity contribution in [3.8, 4) is 0 Å². The van der Waals surface area contributed by atoms with Crippen LogP contribution in [-0.4, -0.2) is 53.1 Å². The highest BCUT2D eigenvalue weighted by atomic mass is 16.5. The second-order valence-electron chi connectivity index (χ2n) is 4.73. The van der Waals surface area contributed by atoms with Crippen LogP contribution in [0.5, 0.6) is 0 Å². The highest BCUT2D eigenvalue weighted by Crippen LogP contribution is 2.06. The molecule has 1 aliphatic heterocycles. The maximum atomic E-state index is 12.2. The molecule has 1 aromatic rings. The Morgan fingerprint density at radius 2 is 2.25 bits per heavy atom. The van der Waals surface area contributed by atoms with Crippen molar-refractivity contribution in [2.75, 3.05) is 31.6 Å². The summed E-state index contributed by atoms with van der Waals surface area (Å²) >= 11 is 0. The minimum Gasteiger partial charge on any atom is -0.378 e. The van der Waals surface area contributed by atoms with Gasteiger partial charge in [0.1, 0.15) is 17.7 Å². The second kappa shape index (κ2) is 6.51. The first-order valence-electron chi connectivity index (χ1n) is 6.83. The van der Waals surface area contributed by atoms with Gasteiger partial charge in [0.05, 0.1) is 13.2 Å². The molecular weight excluding hydrogens is 260 g/mol. The van der Waals surface area contributed by atoms with Gasteiger partial charge in [0.15, 0.2) is 0 Å². The number of carbonyl (C=O) groups excluding carboxylic acids is 1. The van der Waals surface area contributed by atoms with E-state index in [1.165, 1.54) is 6.07 Å². The fourth-order valence-corrected chi connectivity index (χ4v) is 2.09. The van der Waals surface area contributed by atoms with Gasteiger partial charge in [0.25, 0.3) is 5.56 Å². The van der Waals surface area contributed by atoms with E-state index in [4.69, 9.17) is 4.74 Å². The molecule has 1 atom stereocenters. The van der Waals surface area contributed by atoms with Crippen molar-refractivity contribution in [1.29, 1.82) is 0 Å². The van der Waals surface area contributed by atoms with Gasteiger partial charge in [0.2, 0.25) is 5.91 Å². The summed E-state index contributed by atoms with van der Waals surface area (Å²) in [5, 5.41) is 2.99. The lowest BCUT2D eigenvalue weighted by Gasteiger charge is -2.29. The van der Waals surface area contributed by atoms with Crippen LogP contribution in [-0.2, 0) is 16.0 Å². The van der Waals surface area contributed by atoms with E-state index in [0.29, 0.717) is 44.4 Å². The van der Waals surface area contributed by atoms with Crippen molar-refractivity contribution in [3.63, 3.8) is 0 Å². The number of aromatic nitrogens is 2. The van der Waals surface area contributed by atoms with Crippen LogP contribution in [0.15, 0.2) is 10.9 Å². The van der Waals surface area contributed by atoms with E-state index < -0.39 is 6.04 Å². The van der Waals surface area contributed by atoms with Crippen LogP contribution in [0.2, 0.25) is 0 Å². The Kier molecular flexibility index (Phi) is 4.73. The summed E-state index contributed by atoms with van der Waals surface area (Å²) in [6, 6.07) is 0.939. The summed E-state index contributed by atoms with van der Waals surface area (Å²) in [4.78, 5) is 32.4. The Morgan fingerprint density at radius 1 is 1.55 bits per heavy atom. The lowest BCUT2D eigenvalue weighted by Crippen LogP contribution is -2.47. The van der Waals surface area contributed by atoms with E-state index in [-0.39, 0.29) is 11.5 Å². The molecule has 1 aromatic heterocycles. The number of nitrogens with one attached hydrogen (secondary N) is 2. The lowest BCUT2D eigenvalue weighted by atomic mass is 10.2. The Hall–Kier alpha value is -1.89. The molecule has 1 unspecified atom stereocenters. The molecule has 0 aromatic carbocycles. The molecule has 110 valence electrons. The average Bonchev–Trinajstić information content (AvgIpc) is 2.46. The summed E-state index contributed by atoms with van der Waals surface area (Å²) in [6.45, 7) is 6.03. The molecule has 0 bridgehead atoms. The van der Waals surface area contributed by atoms with E-state index in [2.05, 4.69) is 15.3 Å². The lowest BCUT2D eigenvalue weighted by molar-refractivity contribution is -0.135. The van der Waals surface area contributed by atoms with E-state index in [1.54, 1.807) is 11.8 Å². The van der Waals surface area contributed by atoms with Crippen LogP contribution < -0.4 is 10.9 Å². The molecule has 1 fully saturated rings. The maximum Gasteiger partial charge on any atom is 0.252 e. The smallest absolute Gasteiger partial charge is 0.252 e. The number of aryl methyl sites for hydroxylation is 1. The number of carbonyl (C=O) groups is 1. The Morgan fingerprint density at radius 3 is 2.90 bits per heavy atom. The molecule has 0 saturated carbocycles. The number of amides is 1. The largest absolute Gasteiger partial charge is 0.378 e. The third-order valence-corrected chi connectivity index (χ3v) is 3.18. The van der Waals surface area contributed by atoms with Gasteiger partial charge in [-0.1, -0.05) is 6.92 Å². The van der Waals surface area contributed by atoms with Crippen LogP contribution in [0.3, 0.4) is 0 Å². The highest BCUT2D eigenvalue weighted by Gasteiger charge is 2.22. The topological polar surface area (TPSA) is 87.3 Å². The number of aromatic amines is 1. The molecular formula is C13H20N4O3. The molecule has 0 aliphatic carbocycles. The molecule has 20 heavy (non-hydrogen) atoms. The van der Waals surface area contributed by atoms with E-state index in [1.807, 2.05) is 6.92 Å². The van der Waals surface area contributed by atoms with Crippen molar-refractivity contribution in [2.24, 2.45) is 0 Å². The third-order valence-electron chi connectivity index (χ3n) is 3.18. The zero-order chi connectivity index (χ0) is 14.5. The van der Waals surface area contributed by atoms with Gasteiger partial charge in [-0.3, -0.25) is 9.59 Å². The third kappa shape index (κ3) is 3.57. The van der Waals surface area contributed by atoms with Crippen LogP contribution in [0.1, 0.15) is 19.7 Å². The minimum atomic E-state index is -0.424. The maximum absolute atomic E-state index is 12.2. The van der Waals surface area contributed by atoms with Crippen molar-refractivity contribution in [2.45, 2.75) is 26.3 Å². The fourth-order valence-electron chi connectivity index (χ4n) is 2.09. The van der Waals surface area contributed by atoms with Crippen molar-refractivity contribution < 1.29 is 9.53 Å². The summed E-state index contributed by atoms with van der Waals surface area (Å²) in [5.41, 5.74) is -0.217. The summed E-state index contributed by atoms with van der Waals surface area (Å²) in [7, 11) is 0. The molecule has 2 rings (SSSR count). The zero-order valence-corrected chi connectivity index (χ0v) is 11.8. The summed E-state index contributed by atoms with van der Waals surface area (Å²) in [6.07, 6.45) is 0.635. The monoisotopic (exact) mass is 280 g/mol. The van der Waals surface area contributed by atoms with Gasteiger partial charge in [-0.05, 0) is 6.92 Å². The van der Waals surface area contributed by atoms with Crippen LogP contribution >= 0.6 is 0 Å². The van der Waals surface area contributed by atoms with E-state index in [0.717, 1.165) is 0 Å². The molecule has 2 heterocycles. The molecule has 1 aliphatic rings. The molecule has 7 nitrogen and oxygen atoms in total. The van der Waals surface area contributed by atoms with Crippen molar-refractivity contribution >= 4 is 11.7 Å². The average molecular weight is 280 g/mol. The number of H-pyrrole nitrogens is 1. The Bertz CT molecular complexity index is 523. The fraction of sp³-hybridized carbons (Fsp3) is 0.615. The van der Waals surface area contributed by atoms with Gasteiger partial charge in [-0.25, -0.2) is 4.98 Å². The number of morpholine rings is 1. The molecule has 7 heteroatoms. The molecule has 1 amide bonds. The Labute approximate surface area is 117 Å². The first-order valence-corrected chi connectivity index (χ1v) is 6.83. The quantitative estimate of drug-likeness (QED) is 0.810. The summed E-state index contributed by atoms with van der Waals surface area (Å²) in [5.74, 6) is 1.03. The molecule has 2 N–H and O–H groups in total. The number of anilines is 1. The van der Waals surface area contributed by atoms with Crippen LogP contribution in [0.4, 0.5) is 5.82 Å². The first kappa shape index (κ1) is 14.5. The van der Waals surface area contributed by atoms with E-state index in [9.17, 15) is 9.59 Å². The van der Waals surface area contributed by atoms with Crippen LogP contribution in [0, 0.1) is 0 Å². The second-order valence-corrected chi connectivity index (χ2v) is 4.73. The summed E-state index contributed by atoms with van der Waals surface area (Å²) < 4.78 is 5.22. The van der Waals surface area contributed by atoms with Crippen LogP contribution in [0.25, 0.3) is 0 Å². The van der Waals surface area contributed by atoms with Gasteiger partial charge in [-0.15, -0.1) is 0 Å². The normalized spacial score (nSPS) is 16.8. The van der Waals surface area contributed by atoms with Gasteiger partial charge < -0.3 is 19.9 Å². The van der Waals surface area contributed by atoms with Gasteiger partial charge in [-0.2, -0.15) is 0 Å². The number of rotatable bonds is 4. The number of ether oxygens (including phenoxy) is 1. The SMILES string of the molecule is CCc1nc(NC(C)C(=O)N2CCOCC2)cc(=O)[nH]1. The highest BCUT2D eigenvalue weighted by molar-refractivity contribution is 5.84. The van der Waals surface area contributed by atoms with Gasteiger partial charge >= 0.3 is 0 Å². The van der Waals surface area contributed by atoms with E-state index >= 15 is 0 Å². The number of hydrogen-bond donors (Lipinski definition) is 2. The molecule has 0 radical (unpaired) electrons. The number of nitrogens with zero attached hydrogens (tertiary/aromatic N) is 2. The predicted molar refractivity (Wildman–Crippen MR) is 74.7 cm³/mol. The molecule has 1 saturated heterocycles. The zero-order valence-electron chi connectivity index (χ0n) is 11.8. The molecule has 0 spiro atoms. The standard InChI is InChI=1S/C13H20N4O3/c1-3-10-15-11(8-12(18)16-10)14-9(2)13(19)17-4-6-20-7-5-17/h8-9H,3-7H2,1-2H3,(H2,14,15,16,18). The van der Waals surface area contributed by atoms with Crippen molar-refractivity contribution in [1.82, 2.24) is 14.9 Å². The number of hydrogen-bond acceptors (Lipinski definition) is 5. The first-order chi connectivity index (χ1) is 9.60. The van der Waals surface area contributed by atoms with Crippen molar-refractivity contribution in [3.05, 3.63) is 22.2 Å². The predicted octanol–water partition coefficient (Wildman–Crippen LogP) is -0.00850.